The Bertz CT molecular complexity index is 2850. The molecule has 10 rings (SSSR count). The molecule has 0 bridgehead atoms. The molecule has 3 aliphatic heterocycles. The molecular formula is C60H54O13S. The Balaban J connectivity index is 1.02. The summed E-state index contributed by atoms with van der Waals surface area (Å²) in [5, 5.41) is 0. The van der Waals surface area contributed by atoms with Crippen molar-refractivity contribution in [3.05, 3.63) is 246 Å². The number of fused-ring (bicyclic) bond motifs is 1. The molecule has 0 radical (unpaired) electrons. The molecule has 1 unspecified atom stereocenters. The highest BCUT2D eigenvalue weighted by Crippen LogP contribution is 2.41. The van der Waals surface area contributed by atoms with E-state index in [1.54, 1.807) is 91.0 Å². The summed E-state index contributed by atoms with van der Waals surface area (Å²) in [5.41, 5.74) is 2.29. The number of hydrogen-bond acceptors (Lipinski definition) is 14. The molecule has 0 saturated carbocycles. The van der Waals surface area contributed by atoms with Gasteiger partial charge in [-0.3, -0.25) is 0 Å². The Kier molecular flexibility index (Phi) is 17.0. The van der Waals surface area contributed by atoms with E-state index in [-0.39, 0.29) is 43.1 Å². The van der Waals surface area contributed by atoms with Gasteiger partial charge in [0.1, 0.15) is 36.0 Å². The number of thioether (sulfide) groups is 1. The van der Waals surface area contributed by atoms with Crippen LogP contribution in [0, 0.1) is 0 Å². The third kappa shape index (κ3) is 12.7. The van der Waals surface area contributed by atoms with E-state index in [0.29, 0.717) is 0 Å². The number of carbonyl (C=O) groups is 3. The number of benzene rings is 7. The lowest BCUT2D eigenvalue weighted by atomic mass is 9.96. The average molecular weight is 1020 g/mol. The molecule has 0 spiro atoms. The van der Waals surface area contributed by atoms with Crippen molar-refractivity contribution in [3.8, 4) is 0 Å². The van der Waals surface area contributed by atoms with Crippen molar-refractivity contribution in [1.29, 1.82) is 0 Å². The Morgan fingerprint density at radius 2 is 0.892 bits per heavy atom. The Morgan fingerprint density at radius 1 is 0.446 bits per heavy atom. The fourth-order valence-electron chi connectivity index (χ4n) is 8.99. The molecule has 11 atom stereocenters. The van der Waals surface area contributed by atoms with E-state index in [0.717, 1.165) is 21.6 Å². The standard InChI is InChI=1S/C60H54O13S/c61-55(42-26-12-3-13-27-42)70-50-48(69-60(74-46-34-20-7-21-35-46)54(72-57(63)44-30-16-5-17-31-44)52(50)71-56(62)43-28-14-4-15-29-43)39-67-59-53(65-37-41-24-10-2-11-25-41)51(64-36-40-22-8-1-9-23-40)49-47(68-59)38-66-58(73-49)45-32-18-6-19-33-45/h1-35,47-54,58-60H,36-39H2/t47-,48-,49+,50+,51+,52+,53-,54-,58?,59-,60+/m1/s1. The molecule has 0 amide bonds. The summed E-state index contributed by atoms with van der Waals surface area (Å²) in [7, 11) is 0. The highest BCUT2D eigenvalue weighted by atomic mass is 32.2. The molecule has 3 saturated heterocycles. The molecule has 3 heterocycles. The monoisotopic (exact) mass is 1010 g/mol. The van der Waals surface area contributed by atoms with Gasteiger partial charge < -0.3 is 47.4 Å². The van der Waals surface area contributed by atoms with Gasteiger partial charge in [-0.1, -0.05) is 176 Å². The fourth-order valence-corrected chi connectivity index (χ4v) is 10.1. The largest absolute Gasteiger partial charge is 0.452 e. The second-order valence-corrected chi connectivity index (χ2v) is 18.9. The van der Waals surface area contributed by atoms with Crippen LogP contribution < -0.4 is 0 Å². The Labute approximate surface area is 433 Å². The van der Waals surface area contributed by atoms with Crippen LogP contribution in [0.2, 0.25) is 0 Å². The summed E-state index contributed by atoms with van der Waals surface area (Å²) in [6.45, 7) is 0.186. The topological polar surface area (TPSA) is 144 Å². The van der Waals surface area contributed by atoms with Crippen molar-refractivity contribution in [2.45, 2.75) is 85.0 Å². The maximum atomic E-state index is 14.3. The number of ether oxygens (including phenoxy) is 10. The predicted molar refractivity (Wildman–Crippen MR) is 273 cm³/mol. The zero-order valence-corrected chi connectivity index (χ0v) is 40.9. The molecular weight excluding hydrogens is 961 g/mol. The highest BCUT2D eigenvalue weighted by molar-refractivity contribution is 7.99. The molecule has 0 aromatic heterocycles. The zero-order valence-electron chi connectivity index (χ0n) is 40.1. The predicted octanol–water partition coefficient (Wildman–Crippen LogP) is 10.2. The SMILES string of the molecule is O=C(O[C@H]1[C@@H](OC(=O)c2ccccc2)[C@@H](CO[C@@H]2O[C@@H]3COC(c4ccccc4)O[C@@H]3[C@H](OCc3ccccc3)[C@H]2OCc2ccccc2)O[C@@H](Sc2ccccc2)[C@@H]1OC(=O)c1ccccc1)c1ccccc1. The second-order valence-electron chi connectivity index (χ2n) is 17.8. The molecule has 378 valence electrons. The van der Waals surface area contributed by atoms with Gasteiger partial charge in [0.05, 0.1) is 43.1 Å². The molecule has 14 heteroatoms. The van der Waals surface area contributed by atoms with Gasteiger partial charge >= 0.3 is 17.9 Å². The summed E-state index contributed by atoms with van der Waals surface area (Å²) in [6, 6.07) is 63.8. The Hall–Kier alpha value is -6.98. The van der Waals surface area contributed by atoms with E-state index >= 15 is 0 Å². The zero-order chi connectivity index (χ0) is 50.5. The molecule has 0 N–H and O–H groups in total. The molecule has 74 heavy (non-hydrogen) atoms. The minimum Gasteiger partial charge on any atom is -0.452 e. The van der Waals surface area contributed by atoms with Crippen LogP contribution in [0.3, 0.4) is 0 Å². The van der Waals surface area contributed by atoms with E-state index in [2.05, 4.69) is 0 Å². The van der Waals surface area contributed by atoms with Crippen molar-refractivity contribution >= 4 is 29.7 Å². The summed E-state index contributed by atoms with van der Waals surface area (Å²) in [5.74, 6) is -2.20. The van der Waals surface area contributed by atoms with Crippen LogP contribution in [0.4, 0.5) is 0 Å². The number of rotatable bonds is 18. The van der Waals surface area contributed by atoms with Gasteiger partial charge in [-0.15, -0.1) is 0 Å². The molecule has 0 aliphatic carbocycles. The van der Waals surface area contributed by atoms with Gasteiger partial charge in [-0.25, -0.2) is 14.4 Å². The van der Waals surface area contributed by atoms with Gasteiger partial charge in [0.15, 0.2) is 30.9 Å². The van der Waals surface area contributed by atoms with Crippen molar-refractivity contribution in [1.82, 2.24) is 0 Å². The van der Waals surface area contributed by atoms with Crippen LogP contribution in [0.15, 0.2) is 217 Å². The third-order valence-electron chi connectivity index (χ3n) is 12.7. The molecule has 3 fully saturated rings. The first-order valence-corrected chi connectivity index (χ1v) is 25.4. The van der Waals surface area contributed by atoms with Crippen LogP contribution in [0.25, 0.3) is 0 Å². The normalized spacial score (nSPS) is 25.4. The maximum absolute atomic E-state index is 14.3. The van der Waals surface area contributed by atoms with Gasteiger partial charge in [-0.05, 0) is 59.7 Å². The first-order chi connectivity index (χ1) is 36.4. The molecule has 7 aromatic rings. The lowest BCUT2D eigenvalue weighted by Crippen LogP contribution is -2.65. The summed E-state index contributed by atoms with van der Waals surface area (Å²) >= 11 is 1.25. The first-order valence-electron chi connectivity index (χ1n) is 24.5. The van der Waals surface area contributed by atoms with Crippen LogP contribution in [0.5, 0.6) is 0 Å². The average Bonchev–Trinajstić information content (AvgIpc) is 3.46. The van der Waals surface area contributed by atoms with Crippen LogP contribution in [-0.2, 0) is 60.6 Å². The minimum absolute atomic E-state index is 0.125. The van der Waals surface area contributed by atoms with E-state index in [1.807, 2.05) is 121 Å². The van der Waals surface area contributed by atoms with Gasteiger partial charge in [-0.2, -0.15) is 0 Å². The van der Waals surface area contributed by atoms with E-state index in [4.69, 9.17) is 47.4 Å². The lowest BCUT2D eigenvalue weighted by molar-refractivity contribution is -0.375. The molecule has 7 aromatic carbocycles. The summed E-state index contributed by atoms with van der Waals surface area (Å²) in [6.07, 6.45) is -10.4. The van der Waals surface area contributed by atoms with Crippen LogP contribution >= 0.6 is 11.8 Å². The number of carbonyl (C=O) groups excluding carboxylic acids is 3. The van der Waals surface area contributed by atoms with Crippen molar-refractivity contribution < 1.29 is 61.8 Å². The van der Waals surface area contributed by atoms with Gasteiger partial charge in [0.25, 0.3) is 0 Å². The highest BCUT2D eigenvalue weighted by Gasteiger charge is 2.55. The molecule has 3 aliphatic rings. The van der Waals surface area contributed by atoms with E-state index < -0.39 is 84.8 Å². The van der Waals surface area contributed by atoms with E-state index in [9.17, 15) is 14.4 Å². The third-order valence-corrected chi connectivity index (χ3v) is 13.9. The summed E-state index contributed by atoms with van der Waals surface area (Å²) in [4.78, 5) is 43.5. The summed E-state index contributed by atoms with van der Waals surface area (Å²) < 4.78 is 66.7. The lowest BCUT2D eigenvalue weighted by Gasteiger charge is -2.49. The van der Waals surface area contributed by atoms with Crippen LogP contribution in [-0.4, -0.2) is 91.7 Å². The van der Waals surface area contributed by atoms with Crippen LogP contribution in [0.1, 0.15) is 54.1 Å². The van der Waals surface area contributed by atoms with E-state index in [1.165, 1.54) is 11.8 Å². The maximum Gasteiger partial charge on any atom is 0.338 e. The quantitative estimate of drug-likeness (QED) is 0.0594. The van der Waals surface area contributed by atoms with Gasteiger partial charge in [0.2, 0.25) is 0 Å². The second kappa shape index (κ2) is 24.8. The van der Waals surface area contributed by atoms with Crippen molar-refractivity contribution in [2.75, 3.05) is 13.2 Å². The smallest absolute Gasteiger partial charge is 0.338 e. The first kappa shape index (κ1) is 50.5. The van der Waals surface area contributed by atoms with Crippen molar-refractivity contribution in [3.63, 3.8) is 0 Å². The van der Waals surface area contributed by atoms with Crippen molar-refractivity contribution in [2.24, 2.45) is 0 Å². The molecule has 13 nitrogen and oxygen atoms in total. The van der Waals surface area contributed by atoms with Gasteiger partial charge in [0, 0.05) is 10.5 Å². The number of hydrogen-bond donors (Lipinski definition) is 0. The Morgan fingerprint density at radius 3 is 1.42 bits per heavy atom. The minimum atomic E-state index is -1.45. The fraction of sp³-hybridized carbons (Fsp3) is 0.250. The number of esters is 3.